The van der Waals surface area contributed by atoms with Crippen molar-refractivity contribution in [1.29, 1.82) is 0 Å². The maximum absolute atomic E-state index is 12.8. The first-order chi connectivity index (χ1) is 11.4. The third-order valence-electron chi connectivity index (χ3n) is 3.81. The Balaban J connectivity index is 1.47. The Labute approximate surface area is 143 Å². The van der Waals surface area contributed by atoms with Gasteiger partial charge in [0.2, 0.25) is 5.91 Å². The summed E-state index contributed by atoms with van der Waals surface area (Å²) in [6.07, 6.45) is 1.44. The van der Waals surface area contributed by atoms with Crippen LogP contribution in [0.1, 0.15) is 5.76 Å². The molecule has 0 aliphatic carbocycles. The Bertz CT molecular complexity index is 797. The maximum Gasteiger partial charge on any atom is 0.233 e. The van der Waals surface area contributed by atoms with Crippen LogP contribution in [0, 0.1) is 5.82 Å². The predicted molar refractivity (Wildman–Crippen MR) is 88.8 cm³/mol. The second-order valence-electron chi connectivity index (χ2n) is 5.55. The molecule has 8 heteroatoms. The number of hydrogen-bond donors (Lipinski definition) is 0. The van der Waals surface area contributed by atoms with Crippen LogP contribution in [0.2, 0.25) is 0 Å². The molecule has 0 bridgehead atoms. The summed E-state index contributed by atoms with van der Waals surface area (Å²) in [7, 11) is -3.32. The molecule has 0 N–H and O–H groups in total. The Hall–Kier alpha value is -1.80. The van der Waals surface area contributed by atoms with Crippen LogP contribution in [-0.2, 0) is 20.4 Å². The number of likely N-dealkylation sites (tertiary alicyclic amines) is 1. The zero-order valence-corrected chi connectivity index (χ0v) is 14.4. The molecule has 0 radical (unpaired) electrons. The topological polar surface area (TPSA) is 67.6 Å². The number of sulfone groups is 1. The summed E-state index contributed by atoms with van der Waals surface area (Å²) in [5.41, 5.74) is 0. The van der Waals surface area contributed by atoms with Gasteiger partial charge in [-0.3, -0.25) is 4.79 Å². The average Bonchev–Trinajstić information content (AvgIpc) is 2.97. The van der Waals surface area contributed by atoms with Gasteiger partial charge >= 0.3 is 0 Å². The number of carbonyl (C=O) groups excluding carboxylic acids is 1. The highest BCUT2D eigenvalue weighted by molar-refractivity contribution is 8.00. The highest BCUT2D eigenvalue weighted by atomic mass is 32.2. The molecular formula is C16H16FNO4S2. The van der Waals surface area contributed by atoms with Gasteiger partial charge in [-0.1, -0.05) is 0 Å². The van der Waals surface area contributed by atoms with Crippen molar-refractivity contribution in [2.24, 2.45) is 0 Å². The second-order valence-corrected chi connectivity index (χ2v) is 8.88. The monoisotopic (exact) mass is 369 g/mol. The third kappa shape index (κ3) is 3.99. The molecule has 0 saturated carbocycles. The molecule has 3 rings (SSSR count). The van der Waals surface area contributed by atoms with Gasteiger partial charge in [0.1, 0.15) is 17.3 Å². The summed E-state index contributed by atoms with van der Waals surface area (Å²) in [5, 5.41) is -0.539. The van der Waals surface area contributed by atoms with Gasteiger partial charge in [0.05, 0.1) is 17.3 Å². The molecular weight excluding hydrogens is 353 g/mol. The van der Waals surface area contributed by atoms with Gasteiger partial charge in [-0.05, 0) is 36.4 Å². The first kappa shape index (κ1) is 17.0. The van der Waals surface area contributed by atoms with Crippen LogP contribution in [0.3, 0.4) is 0 Å². The zero-order chi connectivity index (χ0) is 17.2. The van der Waals surface area contributed by atoms with Crippen molar-refractivity contribution in [3.63, 3.8) is 0 Å². The SMILES string of the molecule is O=C(CSc1ccc(F)cc1)N1CC(S(=O)(=O)Cc2ccco2)C1. The van der Waals surface area contributed by atoms with E-state index in [-0.39, 0.29) is 36.3 Å². The molecule has 2 heterocycles. The van der Waals surface area contributed by atoms with Crippen LogP contribution in [0.25, 0.3) is 0 Å². The number of rotatable bonds is 6. The number of thioether (sulfide) groups is 1. The van der Waals surface area contributed by atoms with Crippen LogP contribution < -0.4 is 0 Å². The van der Waals surface area contributed by atoms with Crippen molar-refractivity contribution in [2.45, 2.75) is 15.9 Å². The summed E-state index contributed by atoms with van der Waals surface area (Å²) in [5.74, 6) is 0.0339. The standard InChI is InChI=1S/C16H16FNO4S2/c17-12-3-5-14(6-4-12)23-10-16(19)18-8-15(9-18)24(20,21)11-13-2-1-7-22-13/h1-7,15H,8-11H2. The molecule has 2 aromatic rings. The highest BCUT2D eigenvalue weighted by Gasteiger charge is 2.39. The first-order valence-corrected chi connectivity index (χ1v) is 10.0. The Morgan fingerprint density at radius 2 is 1.96 bits per heavy atom. The van der Waals surface area contributed by atoms with Crippen LogP contribution in [-0.4, -0.2) is 43.3 Å². The third-order valence-corrected chi connectivity index (χ3v) is 6.81. The summed E-state index contributed by atoms with van der Waals surface area (Å²) in [6, 6.07) is 9.17. The van der Waals surface area contributed by atoms with Crippen molar-refractivity contribution < 1.29 is 22.0 Å². The van der Waals surface area contributed by atoms with E-state index in [9.17, 15) is 17.6 Å². The Morgan fingerprint density at radius 1 is 1.25 bits per heavy atom. The van der Waals surface area contributed by atoms with Gasteiger partial charge in [-0.2, -0.15) is 0 Å². The van der Waals surface area contributed by atoms with Crippen molar-refractivity contribution in [1.82, 2.24) is 4.90 Å². The van der Waals surface area contributed by atoms with E-state index in [1.54, 1.807) is 24.3 Å². The molecule has 24 heavy (non-hydrogen) atoms. The highest BCUT2D eigenvalue weighted by Crippen LogP contribution is 2.23. The number of furan rings is 1. The molecule has 0 unspecified atom stereocenters. The fourth-order valence-electron chi connectivity index (χ4n) is 2.35. The van der Waals surface area contributed by atoms with Crippen molar-refractivity contribution >= 4 is 27.5 Å². The van der Waals surface area contributed by atoms with Crippen LogP contribution >= 0.6 is 11.8 Å². The largest absolute Gasteiger partial charge is 0.468 e. The first-order valence-electron chi connectivity index (χ1n) is 7.34. The van der Waals surface area contributed by atoms with Crippen molar-refractivity contribution in [2.75, 3.05) is 18.8 Å². The molecule has 1 saturated heterocycles. The van der Waals surface area contributed by atoms with Gasteiger partial charge in [0.25, 0.3) is 0 Å². The van der Waals surface area contributed by atoms with E-state index in [4.69, 9.17) is 4.42 Å². The number of nitrogens with zero attached hydrogens (tertiary/aromatic N) is 1. The lowest BCUT2D eigenvalue weighted by atomic mass is 10.2. The van der Waals surface area contributed by atoms with E-state index >= 15 is 0 Å². The van der Waals surface area contributed by atoms with Crippen molar-refractivity contribution in [3.05, 3.63) is 54.2 Å². The van der Waals surface area contributed by atoms with Gasteiger partial charge in [-0.25, -0.2) is 12.8 Å². The summed E-state index contributed by atoms with van der Waals surface area (Å²) in [6.45, 7) is 0.428. The Morgan fingerprint density at radius 3 is 2.58 bits per heavy atom. The summed E-state index contributed by atoms with van der Waals surface area (Å²) < 4.78 is 42.3. The molecule has 0 atom stereocenters. The molecule has 1 aromatic heterocycles. The summed E-state index contributed by atoms with van der Waals surface area (Å²) in [4.78, 5) is 14.4. The minimum Gasteiger partial charge on any atom is -0.468 e. The van der Waals surface area contributed by atoms with Gasteiger partial charge in [0.15, 0.2) is 9.84 Å². The number of carbonyl (C=O) groups is 1. The molecule has 1 aliphatic rings. The van der Waals surface area contributed by atoms with Crippen molar-refractivity contribution in [3.8, 4) is 0 Å². The van der Waals surface area contributed by atoms with E-state index < -0.39 is 15.1 Å². The molecule has 5 nitrogen and oxygen atoms in total. The average molecular weight is 369 g/mol. The number of benzene rings is 1. The zero-order valence-electron chi connectivity index (χ0n) is 12.7. The minimum absolute atomic E-state index is 0.117. The lowest BCUT2D eigenvalue weighted by Gasteiger charge is -2.38. The van der Waals surface area contributed by atoms with Gasteiger partial charge in [-0.15, -0.1) is 11.8 Å². The fourth-order valence-corrected chi connectivity index (χ4v) is 4.76. The minimum atomic E-state index is -3.32. The summed E-state index contributed by atoms with van der Waals surface area (Å²) >= 11 is 1.31. The normalized spacial score (nSPS) is 15.3. The molecule has 1 amide bonds. The molecule has 1 aliphatic heterocycles. The van der Waals surface area contributed by atoms with E-state index in [1.165, 1.54) is 35.1 Å². The smallest absolute Gasteiger partial charge is 0.233 e. The Kier molecular flexibility index (Phi) is 4.96. The number of halogens is 1. The second kappa shape index (κ2) is 6.98. The molecule has 0 spiro atoms. The van der Waals surface area contributed by atoms with Crippen LogP contribution in [0.15, 0.2) is 52.0 Å². The maximum atomic E-state index is 12.8. The lowest BCUT2D eigenvalue weighted by molar-refractivity contribution is -0.131. The molecule has 1 aromatic carbocycles. The molecule has 128 valence electrons. The van der Waals surface area contributed by atoms with E-state index in [2.05, 4.69) is 0 Å². The quantitative estimate of drug-likeness (QED) is 0.731. The van der Waals surface area contributed by atoms with E-state index in [1.807, 2.05) is 0 Å². The number of amides is 1. The predicted octanol–water partition coefficient (Wildman–Crippen LogP) is 2.34. The van der Waals surface area contributed by atoms with Gasteiger partial charge < -0.3 is 9.32 Å². The lowest BCUT2D eigenvalue weighted by Crippen LogP contribution is -2.57. The van der Waals surface area contributed by atoms with Gasteiger partial charge in [0, 0.05) is 18.0 Å². The number of hydrogen-bond acceptors (Lipinski definition) is 5. The van der Waals surface area contributed by atoms with Crippen LogP contribution in [0.5, 0.6) is 0 Å². The van der Waals surface area contributed by atoms with Crippen LogP contribution in [0.4, 0.5) is 4.39 Å². The fraction of sp³-hybridized carbons (Fsp3) is 0.312. The van der Waals surface area contributed by atoms with E-state index in [0.29, 0.717) is 5.76 Å². The van der Waals surface area contributed by atoms with E-state index in [0.717, 1.165) is 4.90 Å². The molecule has 1 fully saturated rings.